The summed E-state index contributed by atoms with van der Waals surface area (Å²) in [5.74, 6) is -0.226. The lowest BCUT2D eigenvalue weighted by molar-refractivity contribution is -0.116. The van der Waals surface area contributed by atoms with Crippen LogP contribution >= 0.6 is 11.6 Å². The SMILES string of the molecule is CCCC(=O)Nc1cccc(NC(=O)CNc2cccc(Cl)c2)c1. The maximum absolute atomic E-state index is 12.0. The normalized spacial score (nSPS) is 10.1. The summed E-state index contributed by atoms with van der Waals surface area (Å²) in [5, 5.41) is 9.20. The predicted molar refractivity (Wildman–Crippen MR) is 98.6 cm³/mol. The Kier molecular flexibility index (Phi) is 6.63. The highest BCUT2D eigenvalue weighted by molar-refractivity contribution is 6.30. The minimum atomic E-state index is -0.188. The molecule has 0 saturated carbocycles. The Morgan fingerprint density at radius 2 is 1.54 bits per heavy atom. The molecule has 0 aliphatic heterocycles. The molecular formula is C18H20ClN3O2. The summed E-state index contributed by atoms with van der Waals surface area (Å²) in [6.45, 7) is 2.07. The van der Waals surface area contributed by atoms with Crippen LogP contribution < -0.4 is 16.0 Å². The molecule has 2 rings (SSSR count). The molecule has 2 aromatic rings. The van der Waals surface area contributed by atoms with E-state index >= 15 is 0 Å². The van der Waals surface area contributed by atoms with E-state index in [1.807, 2.05) is 19.1 Å². The van der Waals surface area contributed by atoms with Crippen LogP contribution in [0.5, 0.6) is 0 Å². The van der Waals surface area contributed by atoms with E-state index in [-0.39, 0.29) is 18.4 Å². The van der Waals surface area contributed by atoms with Crippen molar-refractivity contribution in [2.45, 2.75) is 19.8 Å². The van der Waals surface area contributed by atoms with Crippen LogP contribution in [0.1, 0.15) is 19.8 Å². The first-order valence-electron chi connectivity index (χ1n) is 7.76. The standard InChI is InChI=1S/C18H20ClN3O2/c1-2-5-17(23)21-15-8-4-9-16(11-15)22-18(24)12-20-14-7-3-6-13(19)10-14/h3-4,6-11,20H,2,5,12H2,1H3,(H,21,23)(H,22,24). The van der Waals surface area contributed by atoms with Crippen molar-refractivity contribution in [3.8, 4) is 0 Å². The zero-order valence-electron chi connectivity index (χ0n) is 13.4. The summed E-state index contributed by atoms with van der Waals surface area (Å²) >= 11 is 5.90. The van der Waals surface area contributed by atoms with Crippen molar-refractivity contribution in [1.82, 2.24) is 0 Å². The average Bonchev–Trinajstić information content (AvgIpc) is 2.53. The molecule has 2 amide bonds. The molecule has 0 heterocycles. The van der Waals surface area contributed by atoms with Gasteiger partial charge in [0.05, 0.1) is 6.54 Å². The van der Waals surface area contributed by atoms with E-state index in [9.17, 15) is 9.59 Å². The highest BCUT2D eigenvalue weighted by atomic mass is 35.5. The number of nitrogens with one attached hydrogen (secondary N) is 3. The van der Waals surface area contributed by atoms with Crippen molar-refractivity contribution >= 4 is 40.5 Å². The van der Waals surface area contributed by atoms with Crippen molar-refractivity contribution in [2.75, 3.05) is 22.5 Å². The summed E-state index contributed by atoms with van der Waals surface area (Å²) in [7, 11) is 0. The number of halogens is 1. The molecule has 5 nitrogen and oxygen atoms in total. The second-order valence-electron chi connectivity index (χ2n) is 5.29. The highest BCUT2D eigenvalue weighted by Gasteiger charge is 2.05. The molecule has 126 valence electrons. The van der Waals surface area contributed by atoms with Crippen LogP contribution in [0.25, 0.3) is 0 Å². The fourth-order valence-corrected chi connectivity index (χ4v) is 2.30. The Hall–Kier alpha value is -2.53. The fraction of sp³-hybridized carbons (Fsp3) is 0.222. The molecule has 2 aromatic carbocycles. The van der Waals surface area contributed by atoms with Gasteiger partial charge in [-0.25, -0.2) is 0 Å². The third-order valence-corrected chi connectivity index (χ3v) is 3.42. The van der Waals surface area contributed by atoms with Crippen LogP contribution in [-0.2, 0) is 9.59 Å². The molecule has 0 fully saturated rings. The van der Waals surface area contributed by atoms with E-state index in [0.717, 1.165) is 12.1 Å². The van der Waals surface area contributed by atoms with Gasteiger partial charge in [-0.1, -0.05) is 30.7 Å². The van der Waals surface area contributed by atoms with Crippen LogP contribution in [0, 0.1) is 0 Å². The molecule has 0 spiro atoms. The van der Waals surface area contributed by atoms with Gasteiger partial charge in [-0.3, -0.25) is 9.59 Å². The van der Waals surface area contributed by atoms with Gasteiger partial charge < -0.3 is 16.0 Å². The maximum atomic E-state index is 12.0. The zero-order chi connectivity index (χ0) is 17.4. The summed E-state index contributed by atoms with van der Waals surface area (Å²) in [6, 6.07) is 14.2. The van der Waals surface area contributed by atoms with Crippen molar-refractivity contribution in [1.29, 1.82) is 0 Å². The van der Waals surface area contributed by atoms with Crippen LogP contribution in [0.3, 0.4) is 0 Å². The van der Waals surface area contributed by atoms with Crippen LogP contribution in [0.2, 0.25) is 5.02 Å². The molecule has 0 saturated heterocycles. The van der Waals surface area contributed by atoms with Gasteiger partial charge in [-0.2, -0.15) is 0 Å². The van der Waals surface area contributed by atoms with E-state index in [4.69, 9.17) is 11.6 Å². The third-order valence-electron chi connectivity index (χ3n) is 3.18. The van der Waals surface area contributed by atoms with Gasteiger partial charge in [-0.05, 0) is 42.8 Å². The maximum Gasteiger partial charge on any atom is 0.243 e. The Labute approximate surface area is 146 Å². The molecule has 0 unspecified atom stereocenters. The number of amides is 2. The third kappa shape index (κ3) is 5.93. The Balaban J connectivity index is 1.88. The van der Waals surface area contributed by atoms with Gasteiger partial charge in [0.15, 0.2) is 0 Å². The topological polar surface area (TPSA) is 70.2 Å². The smallest absolute Gasteiger partial charge is 0.243 e. The lowest BCUT2D eigenvalue weighted by Gasteiger charge is -2.10. The van der Waals surface area contributed by atoms with E-state index in [2.05, 4.69) is 16.0 Å². The molecule has 0 radical (unpaired) electrons. The van der Waals surface area contributed by atoms with Gasteiger partial charge in [0.1, 0.15) is 0 Å². The summed E-state index contributed by atoms with van der Waals surface area (Å²) in [6.07, 6.45) is 1.26. The van der Waals surface area contributed by atoms with Crippen LogP contribution in [0.4, 0.5) is 17.1 Å². The van der Waals surface area contributed by atoms with Gasteiger partial charge in [0, 0.05) is 28.5 Å². The number of carbonyl (C=O) groups is 2. The first kappa shape index (κ1) is 17.8. The largest absolute Gasteiger partial charge is 0.376 e. The van der Waals surface area contributed by atoms with Crippen molar-refractivity contribution in [2.24, 2.45) is 0 Å². The first-order chi connectivity index (χ1) is 11.6. The Bertz CT molecular complexity index is 719. The lowest BCUT2D eigenvalue weighted by atomic mass is 10.2. The van der Waals surface area contributed by atoms with E-state index < -0.39 is 0 Å². The first-order valence-corrected chi connectivity index (χ1v) is 8.14. The summed E-state index contributed by atoms with van der Waals surface area (Å²) < 4.78 is 0. The molecule has 3 N–H and O–H groups in total. The number of anilines is 3. The second-order valence-corrected chi connectivity index (χ2v) is 5.73. The van der Waals surface area contributed by atoms with Gasteiger partial charge >= 0.3 is 0 Å². The predicted octanol–water partition coefficient (Wildman–Crippen LogP) is 4.13. The molecule has 24 heavy (non-hydrogen) atoms. The molecule has 6 heteroatoms. The summed E-state index contributed by atoms with van der Waals surface area (Å²) in [4.78, 5) is 23.6. The molecule has 0 aromatic heterocycles. The van der Waals surface area contributed by atoms with Gasteiger partial charge in [-0.15, -0.1) is 0 Å². The number of hydrogen-bond acceptors (Lipinski definition) is 3. The minimum Gasteiger partial charge on any atom is -0.376 e. The Morgan fingerprint density at radius 1 is 0.917 bits per heavy atom. The summed E-state index contributed by atoms with van der Waals surface area (Å²) in [5.41, 5.74) is 2.06. The van der Waals surface area contributed by atoms with Crippen molar-refractivity contribution in [3.05, 3.63) is 53.6 Å². The van der Waals surface area contributed by atoms with Crippen molar-refractivity contribution in [3.63, 3.8) is 0 Å². The Morgan fingerprint density at radius 3 is 2.21 bits per heavy atom. The molecular weight excluding hydrogens is 326 g/mol. The van der Waals surface area contributed by atoms with Gasteiger partial charge in [0.25, 0.3) is 0 Å². The van der Waals surface area contributed by atoms with E-state index in [1.54, 1.807) is 36.4 Å². The number of benzene rings is 2. The molecule has 0 aliphatic rings. The van der Waals surface area contributed by atoms with Crippen LogP contribution in [0.15, 0.2) is 48.5 Å². The van der Waals surface area contributed by atoms with Gasteiger partial charge in [0.2, 0.25) is 11.8 Å². The average molecular weight is 346 g/mol. The molecule has 0 atom stereocenters. The fourth-order valence-electron chi connectivity index (χ4n) is 2.11. The highest BCUT2D eigenvalue weighted by Crippen LogP contribution is 2.16. The second kappa shape index (κ2) is 8.93. The molecule has 0 bridgehead atoms. The zero-order valence-corrected chi connectivity index (χ0v) is 14.2. The number of rotatable bonds is 7. The number of carbonyl (C=O) groups excluding carboxylic acids is 2. The monoisotopic (exact) mass is 345 g/mol. The minimum absolute atomic E-state index is 0.0383. The van der Waals surface area contributed by atoms with E-state index in [0.29, 0.717) is 22.8 Å². The lowest BCUT2D eigenvalue weighted by Crippen LogP contribution is -2.21. The molecule has 0 aliphatic carbocycles. The van der Waals surface area contributed by atoms with E-state index in [1.165, 1.54) is 0 Å². The van der Waals surface area contributed by atoms with Crippen molar-refractivity contribution < 1.29 is 9.59 Å². The van der Waals surface area contributed by atoms with Crippen LogP contribution in [-0.4, -0.2) is 18.4 Å². The quantitative estimate of drug-likeness (QED) is 0.706. The number of hydrogen-bond donors (Lipinski definition) is 3.